The average Bonchev–Trinajstić information content (AvgIpc) is 2.97. The van der Waals surface area contributed by atoms with Gasteiger partial charge in [-0.1, -0.05) is 18.2 Å². The van der Waals surface area contributed by atoms with Gasteiger partial charge in [-0.25, -0.2) is 8.42 Å². The van der Waals surface area contributed by atoms with Crippen molar-refractivity contribution in [3.05, 3.63) is 29.8 Å². The number of sulfone groups is 1. The zero-order valence-corrected chi connectivity index (χ0v) is 10.2. The van der Waals surface area contributed by atoms with Gasteiger partial charge < -0.3 is 0 Å². The Kier molecular flexibility index (Phi) is 2.42. The molecule has 0 amide bonds. The highest BCUT2D eigenvalue weighted by Gasteiger charge is 2.50. The summed E-state index contributed by atoms with van der Waals surface area (Å²) in [6, 6.07) is 6.81. The topological polar surface area (TPSA) is 51.2 Å². The smallest absolute Gasteiger partial charge is 0.175 e. The zero-order chi connectivity index (χ0) is 12.0. The molecule has 0 unspecified atom stereocenters. The highest BCUT2D eigenvalue weighted by Crippen LogP contribution is 2.50. The number of ketones is 1. The van der Waals surface area contributed by atoms with Crippen LogP contribution in [0.4, 0.5) is 0 Å². The minimum absolute atomic E-state index is 0.0589. The maximum atomic E-state index is 11.6. The summed E-state index contributed by atoms with van der Waals surface area (Å²) in [5.41, 5.74) is 0.143. The lowest BCUT2D eigenvalue weighted by molar-refractivity contribution is -0.119. The van der Waals surface area contributed by atoms with Gasteiger partial charge >= 0.3 is 0 Å². The van der Waals surface area contributed by atoms with Crippen LogP contribution >= 0.6 is 0 Å². The summed E-state index contributed by atoms with van der Waals surface area (Å²) in [5, 5.41) is 0. The number of Topliss-reactive ketones (excluding diaryl/α,β-unsaturated/α-hetero) is 1. The van der Waals surface area contributed by atoms with Crippen LogP contribution in [-0.4, -0.2) is 20.5 Å². The maximum absolute atomic E-state index is 11.6. The van der Waals surface area contributed by atoms with Gasteiger partial charge in [-0.05, 0) is 31.4 Å². The lowest BCUT2D eigenvalue weighted by atomic mass is 9.92. The summed E-state index contributed by atoms with van der Waals surface area (Å²) in [5.74, 6) is 0.0589. The van der Waals surface area contributed by atoms with Gasteiger partial charge in [-0.15, -0.1) is 0 Å². The van der Waals surface area contributed by atoms with E-state index in [0.717, 1.165) is 12.8 Å². The summed E-state index contributed by atoms with van der Waals surface area (Å²) in [4.78, 5) is 11.9. The van der Waals surface area contributed by atoms with Gasteiger partial charge in [0.25, 0.3) is 0 Å². The molecule has 1 aromatic carbocycles. The summed E-state index contributed by atoms with van der Waals surface area (Å²) in [6.07, 6.45) is 2.70. The van der Waals surface area contributed by atoms with Crippen LogP contribution in [0.3, 0.4) is 0 Å². The van der Waals surface area contributed by atoms with Crippen molar-refractivity contribution in [2.24, 2.45) is 0 Å². The van der Waals surface area contributed by atoms with E-state index >= 15 is 0 Å². The SMILES string of the molecule is CC(=O)C1(c2ccccc2S(C)(=O)=O)CC1. The van der Waals surface area contributed by atoms with Crippen molar-refractivity contribution in [1.82, 2.24) is 0 Å². The molecule has 0 heterocycles. The third kappa shape index (κ3) is 1.67. The molecule has 1 aromatic rings. The van der Waals surface area contributed by atoms with E-state index in [1.807, 2.05) is 0 Å². The summed E-state index contributed by atoms with van der Waals surface area (Å²) >= 11 is 0. The molecule has 1 fully saturated rings. The Bertz CT molecular complexity index is 539. The lowest BCUT2D eigenvalue weighted by Crippen LogP contribution is -2.20. The van der Waals surface area contributed by atoms with Crippen molar-refractivity contribution in [2.75, 3.05) is 6.26 Å². The van der Waals surface area contributed by atoms with Crippen molar-refractivity contribution in [2.45, 2.75) is 30.1 Å². The van der Waals surface area contributed by atoms with Gasteiger partial charge in [0.15, 0.2) is 9.84 Å². The second-order valence-electron chi connectivity index (χ2n) is 4.41. The summed E-state index contributed by atoms with van der Waals surface area (Å²) in [7, 11) is -3.26. The predicted molar refractivity (Wildman–Crippen MR) is 61.1 cm³/mol. The first-order valence-electron chi connectivity index (χ1n) is 5.18. The molecule has 0 atom stereocenters. The Morgan fingerprint density at radius 3 is 2.25 bits per heavy atom. The molecule has 2 rings (SSSR count). The van der Waals surface area contributed by atoms with Gasteiger partial charge in [0, 0.05) is 6.26 Å². The molecule has 1 aliphatic rings. The van der Waals surface area contributed by atoms with E-state index in [0.29, 0.717) is 10.5 Å². The third-order valence-corrected chi connectivity index (χ3v) is 4.38. The molecule has 16 heavy (non-hydrogen) atoms. The van der Waals surface area contributed by atoms with Crippen LogP contribution in [-0.2, 0) is 20.0 Å². The Morgan fingerprint density at radius 2 is 1.81 bits per heavy atom. The standard InChI is InChI=1S/C12H14O3S/c1-9(13)12(7-8-12)10-5-3-4-6-11(10)16(2,14)15/h3-6H,7-8H2,1-2H3. The van der Waals surface area contributed by atoms with Crippen LogP contribution < -0.4 is 0 Å². The third-order valence-electron chi connectivity index (χ3n) is 3.23. The number of hydrogen-bond donors (Lipinski definition) is 0. The first-order chi connectivity index (χ1) is 7.38. The Balaban J connectivity index is 2.63. The van der Waals surface area contributed by atoms with Crippen molar-refractivity contribution in [3.63, 3.8) is 0 Å². The van der Waals surface area contributed by atoms with Gasteiger partial charge in [0.05, 0.1) is 10.3 Å². The molecule has 0 aliphatic heterocycles. The summed E-state index contributed by atoms with van der Waals surface area (Å²) < 4.78 is 23.3. The second kappa shape index (κ2) is 3.42. The van der Waals surface area contributed by atoms with Gasteiger partial charge in [0.1, 0.15) is 5.78 Å². The zero-order valence-electron chi connectivity index (χ0n) is 9.36. The Morgan fingerprint density at radius 1 is 1.25 bits per heavy atom. The molecule has 0 N–H and O–H groups in total. The fraction of sp³-hybridized carbons (Fsp3) is 0.417. The Hall–Kier alpha value is -1.16. The van der Waals surface area contributed by atoms with E-state index in [4.69, 9.17) is 0 Å². The minimum atomic E-state index is -3.26. The van der Waals surface area contributed by atoms with E-state index in [1.54, 1.807) is 24.3 Å². The first kappa shape index (κ1) is 11.3. The van der Waals surface area contributed by atoms with E-state index < -0.39 is 15.3 Å². The molecule has 1 saturated carbocycles. The number of benzene rings is 1. The molecule has 0 aromatic heterocycles. The molecule has 4 heteroatoms. The van der Waals surface area contributed by atoms with Crippen molar-refractivity contribution >= 4 is 15.6 Å². The number of rotatable bonds is 3. The number of carbonyl (C=O) groups is 1. The van der Waals surface area contributed by atoms with E-state index in [1.165, 1.54) is 13.2 Å². The van der Waals surface area contributed by atoms with Crippen LogP contribution in [0.2, 0.25) is 0 Å². The summed E-state index contributed by atoms with van der Waals surface area (Å²) in [6.45, 7) is 1.53. The molecule has 3 nitrogen and oxygen atoms in total. The fourth-order valence-corrected chi connectivity index (χ4v) is 3.11. The quantitative estimate of drug-likeness (QED) is 0.805. The van der Waals surface area contributed by atoms with E-state index in [-0.39, 0.29) is 5.78 Å². The molecule has 1 aliphatic carbocycles. The first-order valence-corrected chi connectivity index (χ1v) is 7.08. The lowest BCUT2D eigenvalue weighted by Gasteiger charge is -2.15. The molecular formula is C12H14O3S. The number of hydrogen-bond acceptors (Lipinski definition) is 3. The molecule has 0 radical (unpaired) electrons. The van der Waals surface area contributed by atoms with Crippen LogP contribution in [0.1, 0.15) is 25.3 Å². The van der Waals surface area contributed by atoms with Crippen molar-refractivity contribution in [3.8, 4) is 0 Å². The van der Waals surface area contributed by atoms with Gasteiger partial charge in [0.2, 0.25) is 0 Å². The van der Waals surface area contributed by atoms with Gasteiger partial charge in [-0.3, -0.25) is 4.79 Å². The van der Waals surface area contributed by atoms with E-state index in [9.17, 15) is 13.2 Å². The second-order valence-corrected chi connectivity index (χ2v) is 6.39. The molecule has 0 bridgehead atoms. The highest BCUT2D eigenvalue weighted by molar-refractivity contribution is 7.90. The molecule has 86 valence electrons. The minimum Gasteiger partial charge on any atom is -0.299 e. The highest BCUT2D eigenvalue weighted by atomic mass is 32.2. The monoisotopic (exact) mass is 238 g/mol. The average molecular weight is 238 g/mol. The largest absolute Gasteiger partial charge is 0.299 e. The van der Waals surface area contributed by atoms with Crippen molar-refractivity contribution < 1.29 is 13.2 Å². The maximum Gasteiger partial charge on any atom is 0.175 e. The van der Waals surface area contributed by atoms with E-state index in [2.05, 4.69) is 0 Å². The normalized spacial score (nSPS) is 18.1. The fourth-order valence-electron chi connectivity index (χ4n) is 2.12. The predicted octanol–water partition coefficient (Wildman–Crippen LogP) is 1.71. The molecule has 0 saturated heterocycles. The molecule has 0 spiro atoms. The Labute approximate surface area is 95.4 Å². The van der Waals surface area contributed by atoms with Crippen LogP contribution in [0, 0.1) is 0 Å². The van der Waals surface area contributed by atoms with Gasteiger partial charge in [-0.2, -0.15) is 0 Å². The number of carbonyl (C=O) groups excluding carboxylic acids is 1. The van der Waals surface area contributed by atoms with Crippen molar-refractivity contribution in [1.29, 1.82) is 0 Å². The van der Waals surface area contributed by atoms with Crippen LogP contribution in [0.25, 0.3) is 0 Å². The molecular weight excluding hydrogens is 224 g/mol. The van der Waals surface area contributed by atoms with Crippen LogP contribution in [0.15, 0.2) is 29.2 Å². The van der Waals surface area contributed by atoms with Crippen LogP contribution in [0.5, 0.6) is 0 Å².